The number of rotatable bonds is 9. The van der Waals surface area contributed by atoms with Crippen LogP contribution in [0.25, 0.3) is 0 Å². The number of ether oxygens (including phenoxy) is 2. The monoisotopic (exact) mass is 441 g/mol. The molecule has 1 fully saturated rings. The minimum absolute atomic E-state index is 0.0127. The molecule has 0 aliphatic carbocycles. The van der Waals surface area contributed by atoms with Gasteiger partial charge in [-0.15, -0.1) is 0 Å². The lowest BCUT2D eigenvalue weighted by atomic mass is 10.1. The lowest BCUT2D eigenvalue weighted by Gasteiger charge is -2.35. The number of benzene rings is 2. The predicted molar refractivity (Wildman–Crippen MR) is 127 cm³/mol. The molecule has 7 heteroatoms. The van der Waals surface area contributed by atoms with Crippen molar-refractivity contribution in [3.63, 3.8) is 0 Å². The van der Waals surface area contributed by atoms with Gasteiger partial charge >= 0.3 is 0 Å². The fraction of sp³-hybridized carbons (Fsp3) is 0.480. The van der Waals surface area contributed by atoms with Gasteiger partial charge in [0.25, 0.3) is 0 Å². The molecule has 32 heavy (non-hydrogen) atoms. The highest BCUT2D eigenvalue weighted by atomic mass is 16.5. The highest BCUT2D eigenvalue weighted by molar-refractivity contribution is 5.93. The number of para-hydroxylation sites is 2. The molecule has 1 saturated heterocycles. The van der Waals surface area contributed by atoms with Crippen LogP contribution in [0.1, 0.15) is 16.7 Å². The van der Waals surface area contributed by atoms with Crippen LogP contribution >= 0.6 is 0 Å². The predicted octanol–water partition coefficient (Wildman–Crippen LogP) is 2.62. The molecule has 2 N–H and O–H groups in total. The van der Waals surface area contributed by atoms with E-state index in [0.29, 0.717) is 24.6 Å². The number of hydrogen-bond donors (Lipinski definition) is 2. The third-order valence-corrected chi connectivity index (χ3v) is 5.74. The Labute approximate surface area is 190 Å². The molecule has 2 aromatic carbocycles. The normalized spacial score (nSPS) is 15.9. The number of carbonyl (C=O) groups is 1. The molecule has 1 heterocycles. The van der Waals surface area contributed by atoms with E-state index in [0.717, 1.165) is 43.0 Å². The molecule has 1 atom stereocenters. The number of aryl methyl sites for hydroxylation is 3. The largest absolute Gasteiger partial charge is 0.493 e. The van der Waals surface area contributed by atoms with Crippen molar-refractivity contribution in [3.8, 4) is 11.5 Å². The average molecular weight is 442 g/mol. The number of methoxy groups -OCH3 is 1. The molecular formula is C25H35N3O4. The fourth-order valence-electron chi connectivity index (χ4n) is 4.16. The van der Waals surface area contributed by atoms with E-state index in [2.05, 4.69) is 34.2 Å². The second kappa shape index (κ2) is 11.3. The molecular weight excluding hydrogens is 406 g/mol. The Morgan fingerprint density at radius 1 is 1.03 bits per heavy atom. The summed E-state index contributed by atoms with van der Waals surface area (Å²) in [6, 6.07) is 11.6. The molecule has 7 nitrogen and oxygen atoms in total. The number of nitrogens with one attached hydrogen (secondary N) is 1. The first kappa shape index (κ1) is 24.0. The van der Waals surface area contributed by atoms with E-state index >= 15 is 0 Å². The zero-order valence-corrected chi connectivity index (χ0v) is 19.6. The number of β-amino-alcohol motifs (C(OH)–C–C–N with tert-alkyl or cyclic N) is 1. The maximum Gasteiger partial charge on any atom is 0.238 e. The number of carbonyl (C=O) groups excluding carboxylic acids is 1. The van der Waals surface area contributed by atoms with Crippen molar-refractivity contribution in [2.45, 2.75) is 26.9 Å². The first-order valence-electron chi connectivity index (χ1n) is 11.1. The van der Waals surface area contributed by atoms with Gasteiger partial charge in [0, 0.05) is 38.4 Å². The standard InChI is InChI=1S/C25H35N3O4/c1-18-13-19(2)25(20(3)14-18)26-24(30)16-28-11-9-27(10-12-28)15-21(29)17-32-23-8-6-5-7-22(23)31-4/h5-8,13-14,21,29H,9-12,15-17H2,1-4H3,(H,26,30). The number of nitrogens with zero attached hydrogens (tertiary/aromatic N) is 2. The highest BCUT2D eigenvalue weighted by Gasteiger charge is 2.21. The third kappa shape index (κ3) is 6.69. The van der Waals surface area contributed by atoms with Gasteiger partial charge in [-0.1, -0.05) is 29.8 Å². The lowest BCUT2D eigenvalue weighted by Crippen LogP contribution is -2.50. The van der Waals surface area contributed by atoms with Crippen LogP contribution in [0.2, 0.25) is 0 Å². The molecule has 174 valence electrons. The van der Waals surface area contributed by atoms with Crippen LogP contribution in [0.3, 0.4) is 0 Å². The van der Waals surface area contributed by atoms with Crippen molar-refractivity contribution in [1.82, 2.24) is 9.80 Å². The molecule has 0 bridgehead atoms. The summed E-state index contributed by atoms with van der Waals surface area (Å²) in [5.41, 5.74) is 4.29. The number of aliphatic hydroxyl groups is 1. The summed E-state index contributed by atoms with van der Waals surface area (Å²) in [7, 11) is 1.60. The number of hydrogen-bond acceptors (Lipinski definition) is 6. The van der Waals surface area contributed by atoms with Crippen LogP contribution in [0.4, 0.5) is 5.69 Å². The van der Waals surface area contributed by atoms with Gasteiger partial charge in [-0.25, -0.2) is 0 Å². The molecule has 2 aromatic rings. The Hall–Kier alpha value is -2.61. The van der Waals surface area contributed by atoms with Crippen LogP contribution in [0.5, 0.6) is 11.5 Å². The summed E-state index contributed by atoms with van der Waals surface area (Å²) >= 11 is 0. The minimum atomic E-state index is -0.595. The Morgan fingerprint density at radius 3 is 2.25 bits per heavy atom. The van der Waals surface area contributed by atoms with Crippen molar-refractivity contribution in [2.75, 3.05) is 58.3 Å². The maximum atomic E-state index is 12.6. The summed E-state index contributed by atoms with van der Waals surface area (Å²) in [6.45, 7) is 10.4. The second-order valence-electron chi connectivity index (χ2n) is 8.51. The number of anilines is 1. The number of piperazine rings is 1. The van der Waals surface area contributed by atoms with Crippen LogP contribution < -0.4 is 14.8 Å². The SMILES string of the molecule is COc1ccccc1OCC(O)CN1CCN(CC(=O)Nc2c(C)cc(C)cc2C)CC1. The summed E-state index contributed by atoms with van der Waals surface area (Å²) in [4.78, 5) is 16.9. The van der Waals surface area contributed by atoms with Gasteiger partial charge in [0.15, 0.2) is 11.5 Å². The molecule has 0 radical (unpaired) electrons. The van der Waals surface area contributed by atoms with Crippen LogP contribution in [-0.2, 0) is 4.79 Å². The summed E-state index contributed by atoms with van der Waals surface area (Å²) in [5, 5.41) is 13.5. The second-order valence-corrected chi connectivity index (χ2v) is 8.51. The Morgan fingerprint density at radius 2 is 1.62 bits per heavy atom. The van der Waals surface area contributed by atoms with Gasteiger partial charge in [-0.3, -0.25) is 14.6 Å². The lowest BCUT2D eigenvalue weighted by molar-refractivity contribution is -0.117. The molecule has 0 saturated carbocycles. The van der Waals surface area contributed by atoms with Crippen molar-refractivity contribution >= 4 is 11.6 Å². The van der Waals surface area contributed by atoms with E-state index < -0.39 is 6.10 Å². The molecule has 1 aliphatic heterocycles. The van der Waals surface area contributed by atoms with Gasteiger partial charge in [-0.05, 0) is 44.0 Å². The Balaban J connectivity index is 1.40. The van der Waals surface area contributed by atoms with Crippen LogP contribution in [0, 0.1) is 20.8 Å². The summed E-state index contributed by atoms with van der Waals surface area (Å²) in [5.74, 6) is 1.30. The quantitative estimate of drug-likeness (QED) is 0.623. The zero-order valence-electron chi connectivity index (χ0n) is 19.6. The van der Waals surface area contributed by atoms with Crippen LogP contribution in [0.15, 0.2) is 36.4 Å². The van der Waals surface area contributed by atoms with Crippen LogP contribution in [-0.4, -0.2) is 79.9 Å². The molecule has 0 spiro atoms. The first-order valence-corrected chi connectivity index (χ1v) is 11.1. The highest BCUT2D eigenvalue weighted by Crippen LogP contribution is 2.26. The van der Waals surface area contributed by atoms with E-state index in [1.165, 1.54) is 5.56 Å². The van der Waals surface area contributed by atoms with E-state index in [1.807, 2.05) is 38.1 Å². The van der Waals surface area contributed by atoms with Gasteiger partial charge < -0.3 is 19.9 Å². The van der Waals surface area contributed by atoms with Gasteiger partial charge in [0.05, 0.1) is 13.7 Å². The Kier molecular flexibility index (Phi) is 8.50. The van der Waals surface area contributed by atoms with Gasteiger partial charge in [0.1, 0.15) is 12.7 Å². The van der Waals surface area contributed by atoms with E-state index in [-0.39, 0.29) is 12.5 Å². The van der Waals surface area contributed by atoms with Crippen molar-refractivity contribution < 1.29 is 19.4 Å². The molecule has 1 aliphatic rings. The topological polar surface area (TPSA) is 74.3 Å². The summed E-state index contributed by atoms with van der Waals surface area (Å²) in [6.07, 6.45) is -0.595. The van der Waals surface area contributed by atoms with Gasteiger partial charge in [-0.2, -0.15) is 0 Å². The van der Waals surface area contributed by atoms with E-state index in [4.69, 9.17) is 9.47 Å². The molecule has 1 unspecified atom stereocenters. The number of aliphatic hydroxyl groups excluding tert-OH is 1. The fourth-order valence-corrected chi connectivity index (χ4v) is 4.16. The molecule has 3 rings (SSSR count). The Bertz CT molecular complexity index is 887. The minimum Gasteiger partial charge on any atom is -0.493 e. The summed E-state index contributed by atoms with van der Waals surface area (Å²) < 4.78 is 11.0. The van der Waals surface area contributed by atoms with E-state index in [9.17, 15) is 9.90 Å². The smallest absolute Gasteiger partial charge is 0.238 e. The molecule has 0 aromatic heterocycles. The molecule has 1 amide bonds. The van der Waals surface area contributed by atoms with Gasteiger partial charge in [0.2, 0.25) is 5.91 Å². The maximum absolute atomic E-state index is 12.6. The van der Waals surface area contributed by atoms with E-state index in [1.54, 1.807) is 7.11 Å². The third-order valence-electron chi connectivity index (χ3n) is 5.74. The first-order chi connectivity index (χ1) is 15.4. The van der Waals surface area contributed by atoms with Crippen molar-refractivity contribution in [3.05, 3.63) is 53.1 Å². The van der Waals surface area contributed by atoms with Crippen molar-refractivity contribution in [1.29, 1.82) is 0 Å². The average Bonchev–Trinajstić information content (AvgIpc) is 2.76. The van der Waals surface area contributed by atoms with Crippen molar-refractivity contribution in [2.24, 2.45) is 0 Å². The zero-order chi connectivity index (χ0) is 23.1. The number of amides is 1.